The van der Waals surface area contributed by atoms with Crippen LogP contribution in [0.5, 0.6) is 0 Å². The molecule has 0 amide bonds. The van der Waals surface area contributed by atoms with Gasteiger partial charge in [-0.25, -0.2) is 9.50 Å². The number of nitriles is 1. The Balaban J connectivity index is 2.13. The molecule has 0 spiro atoms. The zero-order valence-electron chi connectivity index (χ0n) is 8.06. The molecule has 80 valence electrons. The summed E-state index contributed by atoms with van der Waals surface area (Å²) in [6, 6.07) is 3.92. The minimum atomic E-state index is 0.0274. The fraction of sp³-hybridized carbons (Fsp3) is 0.300. The van der Waals surface area contributed by atoms with Gasteiger partial charge in [0.2, 0.25) is 0 Å². The first-order chi connectivity index (χ1) is 7.70. The summed E-state index contributed by atoms with van der Waals surface area (Å²) in [4.78, 5) is 4.19. The SMILES string of the molecule is N#C[C@@H]1C[C@H]1c1nc(Cl)c2c(Cl)ccn2n1. The molecule has 1 aliphatic carbocycles. The van der Waals surface area contributed by atoms with E-state index in [1.54, 1.807) is 16.8 Å². The highest BCUT2D eigenvalue weighted by Gasteiger charge is 2.41. The van der Waals surface area contributed by atoms with Gasteiger partial charge in [-0.3, -0.25) is 0 Å². The Morgan fingerprint density at radius 3 is 3.00 bits per heavy atom. The van der Waals surface area contributed by atoms with E-state index in [0.29, 0.717) is 21.5 Å². The van der Waals surface area contributed by atoms with Gasteiger partial charge in [0.15, 0.2) is 11.0 Å². The van der Waals surface area contributed by atoms with Gasteiger partial charge in [0.25, 0.3) is 0 Å². The highest BCUT2D eigenvalue weighted by molar-refractivity contribution is 6.39. The molecule has 0 N–H and O–H groups in total. The molecule has 0 aromatic carbocycles. The van der Waals surface area contributed by atoms with Crippen LogP contribution in [0.1, 0.15) is 18.2 Å². The molecule has 3 rings (SSSR count). The Labute approximate surface area is 101 Å². The van der Waals surface area contributed by atoms with Gasteiger partial charge in [-0.2, -0.15) is 10.4 Å². The molecular weight excluding hydrogens is 247 g/mol. The van der Waals surface area contributed by atoms with Crippen LogP contribution in [0.15, 0.2) is 12.3 Å². The molecule has 2 atom stereocenters. The van der Waals surface area contributed by atoms with Crippen LogP contribution in [0.2, 0.25) is 10.2 Å². The molecule has 2 aromatic heterocycles. The van der Waals surface area contributed by atoms with Gasteiger partial charge in [-0.15, -0.1) is 0 Å². The number of nitrogens with zero attached hydrogens (tertiary/aromatic N) is 4. The van der Waals surface area contributed by atoms with Gasteiger partial charge < -0.3 is 0 Å². The van der Waals surface area contributed by atoms with Crippen LogP contribution in [-0.4, -0.2) is 14.6 Å². The van der Waals surface area contributed by atoms with Crippen molar-refractivity contribution in [2.75, 3.05) is 0 Å². The second-order valence-electron chi connectivity index (χ2n) is 3.80. The molecule has 0 unspecified atom stereocenters. The van der Waals surface area contributed by atoms with E-state index in [4.69, 9.17) is 28.5 Å². The van der Waals surface area contributed by atoms with Crippen LogP contribution in [0.25, 0.3) is 5.52 Å². The molecule has 0 bridgehead atoms. The van der Waals surface area contributed by atoms with Crippen molar-refractivity contribution in [1.29, 1.82) is 5.26 Å². The van der Waals surface area contributed by atoms with E-state index in [-0.39, 0.29) is 11.8 Å². The van der Waals surface area contributed by atoms with Gasteiger partial charge in [0.05, 0.1) is 17.0 Å². The highest BCUT2D eigenvalue weighted by atomic mass is 35.5. The molecule has 1 fully saturated rings. The van der Waals surface area contributed by atoms with Crippen LogP contribution in [0.4, 0.5) is 0 Å². The lowest BCUT2D eigenvalue weighted by molar-refractivity contribution is 0.790. The van der Waals surface area contributed by atoms with Crippen molar-refractivity contribution < 1.29 is 0 Å². The average Bonchev–Trinajstić information content (AvgIpc) is 2.96. The molecule has 16 heavy (non-hydrogen) atoms. The molecule has 1 aliphatic rings. The Kier molecular flexibility index (Phi) is 2.06. The number of hydrogen-bond donors (Lipinski definition) is 0. The number of aromatic nitrogens is 3. The predicted octanol–water partition coefficient (Wildman–Crippen LogP) is 2.66. The van der Waals surface area contributed by atoms with Crippen LogP contribution < -0.4 is 0 Å². The summed E-state index contributed by atoms with van der Waals surface area (Å²) < 4.78 is 1.61. The van der Waals surface area contributed by atoms with Crippen molar-refractivity contribution in [3.63, 3.8) is 0 Å². The van der Waals surface area contributed by atoms with Crippen molar-refractivity contribution >= 4 is 28.7 Å². The van der Waals surface area contributed by atoms with E-state index in [1.807, 2.05) is 0 Å². The Morgan fingerprint density at radius 1 is 1.50 bits per heavy atom. The molecule has 2 aromatic rings. The lowest BCUT2D eigenvalue weighted by Crippen LogP contribution is -2.01. The normalized spacial score (nSPS) is 23.3. The van der Waals surface area contributed by atoms with Crippen LogP contribution in [-0.2, 0) is 0 Å². The molecule has 6 heteroatoms. The van der Waals surface area contributed by atoms with Crippen molar-refractivity contribution in [1.82, 2.24) is 14.6 Å². The fourth-order valence-electron chi connectivity index (χ4n) is 1.74. The maximum absolute atomic E-state index is 8.76. The monoisotopic (exact) mass is 252 g/mol. The summed E-state index contributed by atoms with van der Waals surface area (Å²) in [5, 5.41) is 13.9. The van der Waals surface area contributed by atoms with E-state index in [2.05, 4.69) is 16.2 Å². The maximum Gasteiger partial charge on any atom is 0.158 e. The minimum absolute atomic E-state index is 0.0274. The standard InChI is InChI=1S/C10H6Cl2N4/c11-7-1-2-16-8(7)9(12)14-10(15-16)6-3-5(6)4-13/h1-2,5-6H,3H2/t5-,6+/m0/s1. The first-order valence-corrected chi connectivity index (χ1v) is 5.56. The fourth-order valence-corrected chi connectivity index (χ4v) is 2.30. The third-order valence-corrected chi connectivity index (χ3v) is 3.29. The van der Waals surface area contributed by atoms with E-state index >= 15 is 0 Å². The smallest absolute Gasteiger partial charge is 0.158 e. The lowest BCUT2D eigenvalue weighted by atomic mass is 10.3. The summed E-state index contributed by atoms with van der Waals surface area (Å²) >= 11 is 12.0. The van der Waals surface area contributed by atoms with Crippen molar-refractivity contribution in [3.8, 4) is 6.07 Å². The second-order valence-corrected chi connectivity index (χ2v) is 4.56. The third kappa shape index (κ3) is 1.36. The van der Waals surface area contributed by atoms with Crippen LogP contribution >= 0.6 is 23.2 Å². The van der Waals surface area contributed by atoms with E-state index in [9.17, 15) is 0 Å². The van der Waals surface area contributed by atoms with E-state index < -0.39 is 0 Å². The van der Waals surface area contributed by atoms with E-state index in [1.165, 1.54) is 0 Å². The molecule has 1 saturated carbocycles. The van der Waals surface area contributed by atoms with Crippen molar-refractivity contribution in [3.05, 3.63) is 28.3 Å². The summed E-state index contributed by atoms with van der Waals surface area (Å²) in [5.74, 6) is 0.768. The number of halogens is 2. The number of hydrogen-bond acceptors (Lipinski definition) is 3. The zero-order valence-corrected chi connectivity index (χ0v) is 9.57. The molecule has 0 radical (unpaired) electrons. The summed E-state index contributed by atoms with van der Waals surface area (Å²) in [5.41, 5.74) is 0.612. The van der Waals surface area contributed by atoms with Gasteiger partial charge in [0, 0.05) is 12.1 Å². The number of rotatable bonds is 1. The lowest BCUT2D eigenvalue weighted by Gasteiger charge is -2.01. The first-order valence-electron chi connectivity index (χ1n) is 4.80. The minimum Gasteiger partial charge on any atom is -0.235 e. The Hall–Kier alpha value is -1.31. The van der Waals surface area contributed by atoms with Gasteiger partial charge in [0.1, 0.15) is 5.52 Å². The summed E-state index contributed by atoms with van der Waals surface area (Å²) in [7, 11) is 0. The molecule has 0 saturated heterocycles. The molecule has 2 heterocycles. The topological polar surface area (TPSA) is 54.0 Å². The zero-order chi connectivity index (χ0) is 11.3. The Bertz CT molecular complexity index is 613. The van der Waals surface area contributed by atoms with Crippen molar-refractivity contribution in [2.45, 2.75) is 12.3 Å². The summed E-state index contributed by atoms with van der Waals surface area (Å²) in [6.45, 7) is 0. The second kappa shape index (κ2) is 3.34. The van der Waals surface area contributed by atoms with Gasteiger partial charge in [-0.1, -0.05) is 23.2 Å². The number of fused-ring (bicyclic) bond motifs is 1. The van der Waals surface area contributed by atoms with Crippen molar-refractivity contribution in [2.24, 2.45) is 5.92 Å². The van der Waals surface area contributed by atoms with Crippen LogP contribution in [0.3, 0.4) is 0 Å². The van der Waals surface area contributed by atoms with Gasteiger partial charge in [-0.05, 0) is 12.5 Å². The first kappa shape index (κ1) is 9.88. The average molecular weight is 253 g/mol. The third-order valence-electron chi connectivity index (χ3n) is 2.72. The Morgan fingerprint density at radius 2 is 2.31 bits per heavy atom. The highest BCUT2D eigenvalue weighted by Crippen LogP contribution is 2.45. The van der Waals surface area contributed by atoms with Gasteiger partial charge >= 0.3 is 0 Å². The molecule has 4 nitrogen and oxygen atoms in total. The maximum atomic E-state index is 8.76. The largest absolute Gasteiger partial charge is 0.235 e. The van der Waals surface area contributed by atoms with Crippen LogP contribution in [0, 0.1) is 17.2 Å². The van der Waals surface area contributed by atoms with E-state index in [0.717, 1.165) is 6.42 Å². The summed E-state index contributed by atoms with van der Waals surface area (Å²) in [6.07, 6.45) is 2.55. The predicted molar refractivity (Wildman–Crippen MR) is 59.5 cm³/mol. The molecule has 0 aliphatic heterocycles. The molecular formula is C10H6Cl2N4. The quantitative estimate of drug-likeness (QED) is 0.784.